The van der Waals surface area contributed by atoms with Crippen LogP contribution in [0.25, 0.3) is 0 Å². The Hall–Kier alpha value is -0.0300. The molecule has 0 N–H and O–H groups in total. The smallest absolute Gasteiger partial charge is 0.232 e. The fraction of sp³-hybridized carbons (Fsp3) is 0.286. The molecule has 0 radical (unpaired) electrons. The summed E-state index contributed by atoms with van der Waals surface area (Å²) in [5.74, 6) is -0.145. The van der Waals surface area contributed by atoms with Gasteiger partial charge in [-0.25, -0.2) is 13.4 Å². The van der Waals surface area contributed by atoms with Gasteiger partial charge in [-0.05, 0) is 18.1 Å². The lowest BCUT2D eigenvalue weighted by Crippen LogP contribution is -2.01. The van der Waals surface area contributed by atoms with Gasteiger partial charge in [-0.1, -0.05) is 23.2 Å². The molecule has 0 aliphatic heterocycles. The fourth-order valence-electron chi connectivity index (χ4n) is 0.837. The van der Waals surface area contributed by atoms with Crippen molar-refractivity contribution < 1.29 is 8.42 Å². The first-order valence-corrected chi connectivity index (χ1v) is 6.84. The molecule has 0 bridgehead atoms. The standard InChI is InChI=1S/C7H6Cl3NO2S/c8-6-3-5(4-11-7(6)9)1-2-14(10,12)13/h3-4H,1-2H2. The first kappa shape index (κ1) is 12.0. The number of aromatic nitrogens is 1. The summed E-state index contributed by atoms with van der Waals surface area (Å²) in [6, 6.07) is 1.57. The zero-order valence-corrected chi connectivity index (χ0v) is 9.96. The second-order valence-electron chi connectivity index (χ2n) is 2.61. The van der Waals surface area contributed by atoms with Gasteiger partial charge in [0.05, 0.1) is 10.8 Å². The summed E-state index contributed by atoms with van der Waals surface area (Å²) in [7, 11) is 1.57. The molecule has 0 amide bonds. The van der Waals surface area contributed by atoms with Crippen molar-refractivity contribution in [1.29, 1.82) is 0 Å². The van der Waals surface area contributed by atoms with Crippen molar-refractivity contribution in [1.82, 2.24) is 4.98 Å². The summed E-state index contributed by atoms with van der Waals surface area (Å²) >= 11 is 11.3. The molecule has 0 saturated heterocycles. The minimum atomic E-state index is -3.48. The number of pyridine rings is 1. The molecule has 1 aromatic rings. The molecular weight excluding hydrogens is 269 g/mol. The molecule has 0 atom stereocenters. The minimum absolute atomic E-state index is 0.145. The van der Waals surface area contributed by atoms with E-state index in [1.54, 1.807) is 6.07 Å². The van der Waals surface area contributed by atoms with E-state index in [2.05, 4.69) is 4.98 Å². The van der Waals surface area contributed by atoms with Gasteiger partial charge in [0.1, 0.15) is 5.15 Å². The normalized spacial score (nSPS) is 11.6. The highest BCUT2D eigenvalue weighted by atomic mass is 35.7. The lowest BCUT2D eigenvalue weighted by molar-refractivity contribution is 0.609. The van der Waals surface area contributed by atoms with E-state index in [0.29, 0.717) is 10.6 Å². The third-order valence-corrected chi connectivity index (χ3v) is 3.33. The summed E-state index contributed by atoms with van der Waals surface area (Å²) in [5, 5.41) is 0.500. The van der Waals surface area contributed by atoms with Crippen LogP contribution in [-0.4, -0.2) is 19.2 Å². The van der Waals surface area contributed by atoms with Crippen molar-refractivity contribution in [3.8, 4) is 0 Å². The highest BCUT2D eigenvalue weighted by Gasteiger charge is 2.07. The van der Waals surface area contributed by atoms with Crippen molar-refractivity contribution >= 4 is 42.9 Å². The van der Waals surface area contributed by atoms with E-state index in [1.807, 2.05) is 0 Å². The fourth-order valence-corrected chi connectivity index (χ4v) is 1.84. The van der Waals surface area contributed by atoms with Crippen molar-refractivity contribution in [2.45, 2.75) is 6.42 Å². The monoisotopic (exact) mass is 273 g/mol. The van der Waals surface area contributed by atoms with Gasteiger partial charge in [0, 0.05) is 16.9 Å². The molecule has 78 valence electrons. The average Bonchev–Trinajstić information content (AvgIpc) is 2.06. The van der Waals surface area contributed by atoms with Crippen LogP contribution in [0.15, 0.2) is 12.3 Å². The minimum Gasteiger partial charge on any atom is -0.243 e. The molecule has 7 heteroatoms. The van der Waals surface area contributed by atoms with E-state index >= 15 is 0 Å². The predicted molar refractivity (Wildman–Crippen MR) is 57.6 cm³/mol. The van der Waals surface area contributed by atoms with Crippen molar-refractivity contribution in [3.63, 3.8) is 0 Å². The van der Waals surface area contributed by atoms with Crippen molar-refractivity contribution in [2.24, 2.45) is 0 Å². The van der Waals surface area contributed by atoms with Crippen molar-refractivity contribution in [3.05, 3.63) is 28.0 Å². The average molecular weight is 275 g/mol. The zero-order valence-electron chi connectivity index (χ0n) is 6.87. The van der Waals surface area contributed by atoms with Gasteiger partial charge in [0.2, 0.25) is 9.05 Å². The van der Waals surface area contributed by atoms with E-state index in [1.165, 1.54) is 6.20 Å². The van der Waals surface area contributed by atoms with Gasteiger partial charge in [0.15, 0.2) is 0 Å². The molecule has 0 aromatic carbocycles. The molecule has 1 aromatic heterocycles. The lowest BCUT2D eigenvalue weighted by atomic mass is 10.2. The highest BCUT2D eigenvalue weighted by molar-refractivity contribution is 8.13. The first-order valence-electron chi connectivity index (χ1n) is 3.61. The van der Waals surface area contributed by atoms with Gasteiger partial charge in [-0.15, -0.1) is 0 Å². The van der Waals surface area contributed by atoms with Crippen LogP contribution in [0.2, 0.25) is 10.2 Å². The quantitative estimate of drug-likeness (QED) is 0.628. The third-order valence-electron chi connectivity index (χ3n) is 1.49. The molecular formula is C7H6Cl3NO2S. The molecule has 1 rings (SSSR count). The summed E-state index contributed by atoms with van der Waals surface area (Å²) in [5.41, 5.74) is 0.684. The van der Waals surface area contributed by atoms with Crippen molar-refractivity contribution in [2.75, 3.05) is 5.75 Å². The van der Waals surface area contributed by atoms with Gasteiger partial charge in [0.25, 0.3) is 0 Å². The second kappa shape index (κ2) is 4.66. The van der Waals surface area contributed by atoms with Gasteiger partial charge >= 0.3 is 0 Å². The van der Waals surface area contributed by atoms with Crippen LogP contribution in [0.5, 0.6) is 0 Å². The van der Waals surface area contributed by atoms with E-state index in [0.717, 1.165) is 0 Å². The maximum atomic E-state index is 10.6. The first-order chi connectivity index (χ1) is 6.38. The van der Waals surface area contributed by atoms with E-state index in [4.69, 9.17) is 33.9 Å². The Balaban J connectivity index is 2.74. The van der Waals surface area contributed by atoms with Crippen LogP contribution < -0.4 is 0 Å². The molecule has 0 unspecified atom stereocenters. The topological polar surface area (TPSA) is 47.0 Å². The SMILES string of the molecule is O=S(=O)(Cl)CCc1cnc(Cl)c(Cl)c1. The number of rotatable bonds is 3. The molecule has 0 aliphatic rings. The number of halogens is 3. The Morgan fingerprint density at radius 3 is 2.50 bits per heavy atom. The van der Waals surface area contributed by atoms with Crippen LogP contribution in [0, 0.1) is 0 Å². The Morgan fingerprint density at radius 1 is 1.36 bits per heavy atom. The van der Waals surface area contributed by atoms with Gasteiger partial charge in [-0.3, -0.25) is 0 Å². The highest BCUT2D eigenvalue weighted by Crippen LogP contribution is 2.20. The molecule has 0 saturated carbocycles. The predicted octanol–water partition coefficient (Wildman–Crippen LogP) is 2.50. The second-order valence-corrected chi connectivity index (χ2v) is 6.27. The number of hydrogen-bond donors (Lipinski definition) is 0. The summed E-state index contributed by atoms with van der Waals surface area (Å²) in [6.07, 6.45) is 1.74. The summed E-state index contributed by atoms with van der Waals surface area (Å²) in [4.78, 5) is 3.77. The van der Waals surface area contributed by atoms with E-state index < -0.39 is 9.05 Å². The molecule has 0 fully saturated rings. The number of nitrogens with zero attached hydrogens (tertiary/aromatic N) is 1. The van der Waals surface area contributed by atoms with Gasteiger partial charge in [-0.2, -0.15) is 0 Å². The van der Waals surface area contributed by atoms with Crippen LogP contribution in [0.3, 0.4) is 0 Å². The van der Waals surface area contributed by atoms with Gasteiger partial charge < -0.3 is 0 Å². The molecule has 0 spiro atoms. The molecule has 14 heavy (non-hydrogen) atoms. The largest absolute Gasteiger partial charge is 0.243 e. The van der Waals surface area contributed by atoms with Crippen LogP contribution in [0.1, 0.15) is 5.56 Å². The zero-order chi connectivity index (χ0) is 10.8. The molecule has 0 aliphatic carbocycles. The van der Waals surface area contributed by atoms with Crippen LogP contribution in [-0.2, 0) is 15.5 Å². The Morgan fingerprint density at radius 2 is 2.00 bits per heavy atom. The number of hydrogen-bond acceptors (Lipinski definition) is 3. The van der Waals surface area contributed by atoms with Crippen LogP contribution >= 0.6 is 33.9 Å². The van der Waals surface area contributed by atoms with Crippen LogP contribution in [0.4, 0.5) is 0 Å². The maximum Gasteiger partial charge on any atom is 0.232 e. The third kappa shape index (κ3) is 4.00. The molecule has 3 nitrogen and oxygen atoms in total. The maximum absolute atomic E-state index is 10.6. The number of aryl methyl sites for hydroxylation is 1. The van der Waals surface area contributed by atoms with E-state index in [9.17, 15) is 8.42 Å². The molecule has 1 heterocycles. The Labute approximate surface area is 96.4 Å². The summed E-state index contributed by atoms with van der Waals surface area (Å²) < 4.78 is 21.3. The Kier molecular flexibility index (Phi) is 4.01. The summed E-state index contributed by atoms with van der Waals surface area (Å²) in [6.45, 7) is 0. The lowest BCUT2D eigenvalue weighted by Gasteiger charge is -2.00. The van der Waals surface area contributed by atoms with E-state index in [-0.39, 0.29) is 17.3 Å². The Bertz CT molecular complexity index is 433.